The van der Waals surface area contributed by atoms with Gasteiger partial charge in [-0.25, -0.2) is 0 Å². The molecule has 0 saturated heterocycles. The first-order valence-corrected chi connectivity index (χ1v) is 5.09. The van der Waals surface area contributed by atoms with E-state index in [0.29, 0.717) is 13.0 Å². The second kappa shape index (κ2) is 6.14. The number of carbonyl (C=O) groups excluding carboxylic acids is 1. The topological polar surface area (TPSA) is 68.0 Å². The summed E-state index contributed by atoms with van der Waals surface area (Å²) >= 11 is 0. The molecule has 1 amide bonds. The van der Waals surface area contributed by atoms with Gasteiger partial charge in [0.2, 0.25) is 5.91 Å². The number of nitrogens with zero attached hydrogens (tertiary/aromatic N) is 1. The summed E-state index contributed by atoms with van der Waals surface area (Å²) in [4.78, 5) is 15.3. The molecular weight excluding hydrogens is 190 g/mol. The Labute approximate surface area is 89.9 Å². The molecule has 1 unspecified atom stereocenters. The van der Waals surface area contributed by atoms with Crippen LogP contribution in [0.4, 0.5) is 0 Å². The molecule has 4 nitrogen and oxygen atoms in total. The van der Waals surface area contributed by atoms with E-state index in [1.807, 2.05) is 19.1 Å². The number of aromatic nitrogens is 1. The number of carbonyl (C=O) groups is 1. The van der Waals surface area contributed by atoms with E-state index in [0.717, 1.165) is 12.0 Å². The first-order valence-electron chi connectivity index (χ1n) is 5.09. The number of nitrogens with two attached hydrogens (primary N) is 1. The zero-order valence-electron chi connectivity index (χ0n) is 8.94. The third-order valence-corrected chi connectivity index (χ3v) is 2.04. The van der Waals surface area contributed by atoms with Crippen molar-refractivity contribution in [2.24, 2.45) is 5.73 Å². The van der Waals surface area contributed by atoms with Gasteiger partial charge in [-0.1, -0.05) is 0 Å². The lowest BCUT2D eigenvalue weighted by atomic mass is 10.2. The van der Waals surface area contributed by atoms with Crippen molar-refractivity contribution >= 4 is 5.91 Å². The van der Waals surface area contributed by atoms with Gasteiger partial charge in [-0.3, -0.25) is 9.78 Å². The number of hydrogen-bond acceptors (Lipinski definition) is 3. The highest BCUT2D eigenvalue weighted by molar-refractivity contribution is 5.78. The molecule has 0 aliphatic heterocycles. The number of hydrogen-bond donors (Lipinski definition) is 2. The summed E-state index contributed by atoms with van der Waals surface area (Å²) in [5.74, 6) is 0.0295. The van der Waals surface area contributed by atoms with Crippen LogP contribution >= 0.6 is 0 Å². The van der Waals surface area contributed by atoms with Gasteiger partial charge in [0.25, 0.3) is 0 Å². The summed E-state index contributed by atoms with van der Waals surface area (Å²) in [6.07, 6.45) is 4.58. The van der Waals surface area contributed by atoms with E-state index >= 15 is 0 Å². The fraction of sp³-hybridized carbons (Fsp3) is 0.455. The van der Waals surface area contributed by atoms with Gasteiger partial charge in [-0.2, -0.15) is 0 Å². The van der Waals surface area contributed by atoms with Crippen LogP contribution in [0, 0.1) is 0 Å². The lowest BCUT2D eigenvalue weighted by Crippen LogP contribution is -2.29. The molecule has 0 aliphatic rings. The van der Waals surface area contributed by atoms with Crippen molar-refractivity contribution in [3.63, 3.8) is 0 Å². The average molecular weight is 207 g/mol. The van der Waals surface area contributed by atoms with Crippen molar-refractivity contribution in [3.05, 3.63) is 30.1 Å². The highest BCUT2D eigenvalue weighted by atomic mass is 16.1. The number of pyridine rings is 1. The Morgan fingerprint density at radius 2 is 2.20 bits per heavy atom. The van der Waals surface area contributed by atoms with Crippen LogP contribution in [-0.4, -0.2) is 23.5 Å². The minimum absolute atomic E-state index is 0.0295. The quantitative estimate of drug-likeness (QED) is 0.737. The van der Waals surface area contributed by atoms with Gasteiger partial charge in [0.15, 0.2) is 0 Å². The van der Waals surface area contributed by atoms with Crippen LogP contribution in [0.2, 0.25) is 0 Å². The van der Waals surface area contributed by atoms with E-state index in [-0.39, 0.29) is 11.9 Å². The molecule has 1 heterocycles. The zero-order valence-corrected chi connectivity index (χ0v) is 8.94. The monoisotopic (exact) mass is 207 g/mol. The summed E-state index contributed by atoms with van der Waals surface area (Å²) in [7, 11) is 0. The standard InChI is InChI=1S/C11H17N3O/c1-9(12)2-7-14-11(15)8-10-3-5-13-6-4-10/h3-6,9H,2,7-8,12H2,1H3,(H,14,15). The smallest absolute Gasteiger partial charge is 0.224 e. The minimum atomic E-state index is 0.0295. The highest BCUT2D eigenvalue weighted by Crippen LogP contribution is 1.97. The summed E-state index contributed by atoms with van der Waals surface area (Å²) < 4.78 is 0. The summed E-state index contributed by atoms with van der Waals surface area (Å²) in [5, 5.41) is 2.82. The second-order valence-electron chi connectivity index (χ2n) is 3.65. The van der Waals surface area contributed by atoms with E-state index < -0.39 is 0 Å². The summed E-state index contributed by atoms with van der Waals surface area (Å²) in [6.45, 7) is 2.57. The van der Waals surface area contributed by atoms with Gasteiger partial charge in [0.05, 0.1) is 6.42 Å². The first kappa shape index (κ1) is 11.7. The Morgan fingerprint density at radius 1 is 1.53 bits per heavy atom. The molecule has 0 radical (unpaired) electrons. The van der Waals surface area contributed by atoms with Crippen molar-refractivity contribution in [1.82, 2.24) is 10.3 Å². The zero-order chi connectivity index (χ0) is 11.1. The molecule has 0 fully saturated rings. The van der Waals surface area contributed by atoms with Gasteiger partial charge in [-0.05, 0) is 31.0 Å². The maximum absolute atomic E-state index is 11.4. The molecular formula is C11H17N3O. The third kappa shape index (κ3) is 5.12. The third-order valence-electron chi connectivity index (χ3n) is 2.04. The second-order valence-corrected chi connectivity index (χ2v) is 3.65. The highest BCUT2D eigenvalue weighted by Gasteiger charge is 2.02. The molecule has 0 aromatic carbocycles. The molecule has 4 heteroatoms. The number of nitrogens with one attached hydrogen (secondary N) is 1. The fourth-order valence-electron chi connectivity index (χ4n) is 1.19. The Balaban J connectivity index is 2.25. The molecule has 0 aliphatic carbocycles. The summed E-state index contributed by atoms with van der Waals surface area (Å²) in [6, 6.07) is 3.81. The van der Waals surface area contributed by atoms with Crippen molar-refractivity contribution in [1.29, 1.82) is 0 Å². The molecule has 3 N–H and O–H groups in total. The van der Waals surface area contributed by atoms with Crippen molar-refractivity contribution < 1.29 is 4.79 Å². The molecule has 0 spiro atoms. The SMILES string of the molecule is CC(N)CCNC(=O)Cc1ccncc1. The van der Waals surface area contributed by atoms with E-state index in [1.165, 1.54) is 0 Å². The summed E-state index contributed by atoms with van der Waals surface area (Å²) in [5.41, 5.74) is 6.55. The van der Waals surface area contributed by atoms with Crippen molar-refractivity contribution in [2.75, 3.05) is 6.54 Å². The number of amides is 1. The lowest BCUT2D eigenvalue weighted by Gasteiger charge is -2.06. The van der Waals surface area contributed by atoms with E-state index in [1.54, 1.807) is 12.4 Å². The van der Waals surface area contributed by atoms with E-state index in [9.17, 15) is 4.79 Å². The molecule has 82 valence electrons. The molecule has 15 heavy (non-hydrogen) atoms. The first-order chi connectivity index (χ1) is 7.18. The van der Waals surface area contributed by atoms with Crippen LogP contribution in [-0.2, 0) is 11.2 Å². The Morgan fingerprint density at radius 3 is 2.80 bits per heavy atom. The number of rotatable bonds is 5. The predicted molar refractivity (Wildman–Crippen MR) is 59.2 cm³/mol. The van der Waals surface area contributed by atoms with Gasteiger partial charge in [0, 0.05) is 25.0 Å². The van der Waals surface area contributed by atoms with Gasteiger partial charge in [-0.15, -0.1) is 0 Å². The average Bonchev–Trinajstić information content (AvgIpc) is 2.18. The van der Waals surface area contributed by atoms with Crippen LogP contribution in [0.5, 0.6) is 0 Å². The van der Waals surface area contributed by atoms with E-state index in [2.05, 4.69) is 10.3 Å². The van der Waals surface area contributed by atoms with Crippen molar-refractivity contribution in [2.45, 2.75) is 25.8 Å². The molecule has 1 aromatic rings. The van der Waals surface area contributed by atoms with Gasteiger partial charge in [0.1, 0.15) is 0 Å². The fourth-order valence-corrected chi connectivity index (χ4v) is 1.19. The molecule has 1 aromatic heterocycles. The van der Waals surface area contributed by atoms with Crippen molar-refractivity contribution in [3.8, 4) is 0 Å². The molecule has 1 rings (SSSR count). The van der Waals surface area contributed by atoms with Crippen LogP contribution in [0.3, 0.4) is 0 Å². The normalized spacial score (nSPS) is 12.1. The van der Waals surface area contributed by atoms with Crippen LogP contribution < -0.4 is 11.1 Å². The van der Waals surface area contributed by atoms with Gasteiger partial charge >= 0.3 is 0 Å². The molecule has 0 bridgehead atoms. The lowest BCUT2D eigenvalue weighted by molar-refractivity contribution is -0.120. The predicted octanol–water partition coefficient (Wildman–Crippen LogP) is 0.478. The largest absolute Gasteiger partial charge is 0.356 e. The van der Waals surface area contributed by atoms with Crippen LogP contribution in [0.25, 0.3) is 0 Å². The van der Waals surface area contributed by atoms with E-state index in [4.69, 9.17) is 5.73 Å². The van der Waals surface area contributed by atoms with Gasteiger partial charge < -0.3 is 11.1 Å². The Kier molecular flexibility index (Phi) is 4.77. The molecule has 1 atom stereocenters. The minimum Gasteiger partial charge on any atom is -0.356 e. The Bertz CT molecular complexity index is 298. The maximum atomic E-state index is 11.4. The maximum Gasteiger partial charge on any atom is 0.224 e. The Hall–Kier alpha value is -1.42. The molecule has 0 saturated carbocycles. The van der Waals surface area contributed by atoms with Crippen LogP contribution in [0.15, 0.2) is 24.5 Å². The van der Waals surface area contributed by atoms with Crippen LogP contribution in [0.1, 0.15) is 18.9 Å².